The van der Waals surface area contributed by atoms with Gasteiger partial charge in [-0.05, 0) is 55.7 Å². The third-order valence-corrected chi connectivity index (χ3v) is 4.66. The van der Waals surface area contributed by atoms with E-state index >= 15 is 0 Å². The van der Waals surface area contributed by atoms with Crippen LogP contribution < -0.4 is 0 Å². The van der Waals surface area contributed by atoms with Crippen LogP contribution in [0.3, 0.4) is 0 Å². The molecule has 0 saturated heterocycles. The highest BCUT2D eigenvalue weighted by Crippen LogP contribution is 2.27. The van der Waals surface area contributed by atoms with Gasteiger partial charge in [-0.1, -0.05) is 24.3 Å². The maximum atomic E-state index is 9.54. The van der Waals surface area contributed by atoms with Crippen molar-refractivity contribution in [2.24, 2.45) is 0 Å². The van der Waals surface area contributed by atoms with E-state index in [2.05, 4.69) is 33.4 Å². The van der Waals surface area contributed by atoms with Crippen LogP contribution in [-0.2, 0) is 6.54 Å². The molecule has 0 spiro atoms. The summed E-state index contributed by atoms with van der Waals surface area (Å²) in [6, 6.07) is 16.3. The summed E-state index contributed by atoms with van der Waals surface area (Å²) < 4.78 is 3.72. The first-order valence-corrected chi connectivity index (χ1v) is 9.06. The molecule has 28 heavy (non-hydrogen) atoms. The molecule has 2 heterocycles. The van der Waals surface area contributed by atoms with E-state index < -0.39 is 0 Å². The van der Waals surface area contributed by atoms with Crippen molar-refractivity contribution in [2.45, 2.75) is 27.3 Å². The quantitative estimate of drug-likeness (QED) is 0.546. The topological polar surface area (TPSA) is 72.3 Å². The molecule has 0 atom stereocenters. The zero-order chi connectivity index (χ0) is 19.7. The maximum Gasteiger partial charge on any atom is 0.147 e. The highest BCUT2D eigenvalue weighted by Gasteiger charge is 2.09. The molecule has 0 unspecified atom stereocenters. The Bertz CT molecular complexity index is 1170. The number of nitriles is 1. The van der Waals surface area contributed by atoms with E-state index in [1.165, 1.54) is 0 Å². The molecule has 2 aromatic carbocycles. The molecule has 0 aliphatic heterocycles. The number of aromatic nitrogens is 5. The number of nitrogens with zero attached hydrogens (tertiary/aromatic N) is 6. The van der Waals surface area contributed by atoms with Gasteiger partial charge in [0.25, 0.3) is 0 Å². The summed E-state index contributed by atoms with van der Waals surface area (Å²) in [5, 5.41) is 18.3. The minimum absolute atomic E-state index is 0.642. The molecule has 2 aromatic heterocycles. The summed E-state index contributed by atoms with van der Waals surface area (Å²) >= 11 is 0. The molecule has 6 heteroatoms. The Balaban J connectivity index is 1.66. The fourth-order valence-corrected chi connectivity index (χ4v) is 3.24. The van der Waals surface area contributed by atoms with Gasteiger partial charge in [0, 0.05) is 11.8 Å². The van der Waals surface area contributed by atoms with Crippen molar-refractivity contribution in [1.29, 1.82) is 5.26 Å². The van der Waals surface area contributed by atoms with Gasteiger partial charge in [0.1, 0.15) is 11.6 Å². The Morgan fingerprint density at radius 1 is 1.04 bits per heavy atom. The molecule has 0 N–H and O–H groups in total. The molecule has 6 nitrogen and oxygen atoms in total. The van der Waals surface area contributed by atoms with Crippen LogP contribution in [0.1, 0.15) is 28.3 Å². The number of rotatable bonds is 4. The van der Waals surface area contributed by atoms with Gasteiger partial charge >= 0.3 is 0 Å². The molecule has 4 aromatic rings. The van der Waals surface area contributed by atoms with Gasteiger partial charge in [-0.15, -0.1) is 0 Å². The SMILES string of the molecule is Cc1cnn(-c2ccc(C#N)c(-c3ccc(Cn4nc(C)nc4C)cc3)c2)c1. The zero-order valence-corrected chi connectivity index (χ0v) is 16.1. The lowest BCUT2D eigenvalue weighted by molar-refractivity contribution is 0.656. The van der Waals surface area contributed by atoms with Gasteiger partial charge < -0.3 is 0 Å². The van der Waals surface area contributed by atoms with Gasteiger partial charge in [0.2, 0.25) is 0 Å². The summed E-state index contributed by atoms with van der Waals surface area (Å²) in [7, 11) is 0. The van der Waals surface area contributed by atoms with E-state index in [4.69, 9.17) is 0 Å². The molecule has 4 rings (SSSR count). The largest absolute Gasteiger partial charge is 0.246 e. The number of hydrogen-bond acceptors (Lipinski definition) is 4. The molecule has 0 radical (unpaired) electrons. The van der Waals surface area contributed by atoms with Gasteiger partial charge in [0.05, 0.1) is 30.1 Å². The lowest BCUT2D eigenvalue weighted by atomic mass is 9.98. The first kappa shape index (κ1) is 17.7. The highest BCUT2D eigenvalue weighted by atomic mass is 15.3. The van der Waals surface area contributed by atoms with E-state index in [1.54, 1.807) is 0 Å². The number of aryl methyl sites for hydroxylation is 3. The van der Waals surface area contributed by atoms with Crippen molar-refractivity contribution in [3.63, 3.8) is 0 Å². The fraction of sp³-hybridized carbons (Fsp3) is 0.182. The van der Waals surface area contributed by atoms with E-state index in [-0.39, 0.29) is 0 Å². The van der Waals surface area contributed by atoms with Crippen molar-refractivity contribution >= 4 is 0 Å². The Kier molecular flexibility index (Phi) is 4.50. The van der Waals surface area contributed by atoms with Gasteiger partial charge in [0.15, 0.2) is 0 Å². The Labute approximate surface area is 163 Å². The van der Waals surface area contributed by atoms with Crippen molar-refractivity contribution < 1.29 is 0 Å². The van der Waals surface area contributed by atoms with Crippen molar-refractivity contribution in [2.75, 3.05) is 0 Å². The molecule has 0 fully saturated rings. The van der Waals surface area contributed by atoms with E-state index in [0.29, 0.717) is 12.1 Å². The zero-order valence-electron chi connectivity index (χ0n) is 16.1. The second-order valence-electron chi connectivity index (χ2n) is 6.86. The Hall–Kier alpha value is -3.72. The summed E-state index contributed by atoms with van der Waals surface area (Å²) in [6.07, 6.45) is 3.79. The molecular weight excluding hydrogens is 348 g/mol. The molecule has 0 aliphatic carbocycles. The maximum absolute atomic E-state index is 9.54. The first-order chi connectivity index (χ1) is 13.5. The van der Waals surface area contributed by atoms with Gasteiger partial charge in [-0.3, -0.25) is 0 Å². The summed E-state index contributed by atoms with van der Waals surface area (Å²) in [5.74, 6) is 1.68. The average Bonchev–Trinajstić information content (AvgIpc) is 3.26. The number of hydrogen-bond donors (Lipinski definition) is 0. The first-order valence-electron chi connectivity index (χ1n) is 9.06. The Morgan fingerprint density at radius 2 is 1.82 bits per heavy atom. The monoisotopic (exact) mass is 368 g/mol. The predicted octanol–water partition coefficient (Wildman–Crippen LogP) is 3.98. The van der Waals surface area contributed by atoms with Gasteiger partial charge in [-0.2, -0.15) is 15.5 Å². The third-order valence-electron chi connectivity index (χ3n) is 4.66. The van der Waals surface area contributed by atoms with Crippen molar-refractivity contribution in [3.8, 4) is 22.9 Å². The summed E-state index contributed by atoms with van der Waals surface area (Å²) in [6.45, 7) is 6.52. The van der Waals surface area contributed by atoms with Crippen LogP contribution in [0.25, 0.3) is 16.8 Å². The molecule has 138 valence electrons. The lowest BCUT2D eigenvalue weighted by Gasteiger charge is -2.10. The molecule has 0 aliphatic rings. The fourth-order valence-electron chi connectivity index (χ4n) is 3.24. The van der Waals surface area contributed by atoms with Gasteiger partial charge in [-0.25, -0.2) is 14.3 Å². The predicted molar refractivity (Wildman–Crippen MR) is 107 cm³/mol. The summed E-state index contributed by atoms with van der Waals surface area (Å²) in [5.41, 5.74) is 5.69. The van der Waals surface area contributed by atoms with Crippen LogP contribution in [0.4, 0.5) is 0 Å². The highest BCUT2D eigenvalue weighted by molar-refractivity contribution is 5.73. The van der Waals surface area contributed by atoms with Crippen molar-refractivity contribution in [3.05, 3.63) is 83.2 Å². The minimum Gasteiger partial charge on any atom is -0.246 e. The average molecular weight is 368 g/mol. The molecule has 0 saturated carbocycles. The second kappa shape index (κ2) is 7.12. The normalized spacial score (nSPS) is 10.8. The van der Waals surface area contributed by atoms with Crippen LogP contribution >= 0.6 is 0 Å². The van der Waals surface area contributed by atoms with Crippen LogP contribution in [0.5, 0.6) is 0 Å². The molecule has 0 amide bonds. The number of benzene rings is 2. The third kappa shape index (κ3) is 3.42. The summed E-state index contributed by atoms with van der Waals surface area (Å²) in [4.78, 5) is 4.34. The van der Waals surface area contributed by atoms with E-state index in [0.717, 1.165) is 39.6 Å². The second-order valence-corrected chi connectivity index (χ2v) is 6.86. The van der Waals surface area contributed by atoms with E-state index in [1.807, 2.05) is 72.9 Å². The molecular formula is C22H20N6. The van der Waals surface area contributed by atoms with E-state index in [9.17, 15) is 5.26 Å². The van der Waals surface area contributed by atoms with Crippen LogP contribution in [0, 0.1) is 32.1 Å². The smallest absolute Gasteiger partial charge is 0.147 e. The minimum atomic E-state index is 0.642. The van der Waals surface area contributed by atoms with Crippen LogP contribution in [0.15, 0.2) is 54.9 Å². The standard InChI is InChI=1S/C22H20N6/c1-15-12-24-28(13-15)21-9-8-20(11-23)22(10-21)19-6-4-18(5-7-19)14-27-17(3)25-16(2)26-27/h4-10,12-13H,14H2,1-3H3. The Morgan fingerprint density at radius 3 is 2.43 bits per heavy atom. The van der Waals surface area contributed by atoms with Crippen molar-refractivity contribution in [1.82, 2.24) is 24.5 Å². The lowest BCUT2D eigenvalue weighted by Crippen LogP contribution is -2.04. The molecule has 0 bridgehead atoms. The van der Waals surface area contributed by atoms with Crippen LogP contribution in [0.2, 0.25) is 0 Å². The van der Waals surface area contributed by atoms with Crippen LogP contribution in [-0.4, -0.2) is 24.5 Å².